The number of benzene rings is 2. The van der Waals surface area contributed by atoms with Crippen molar-refractivity contribution >= 4 is 11.8 Å². The lowest BCUT2D eigenvalue weighted by molar-refractivity contribution is -0.131. The van der Waals surface area contributed by atoms with E-state index in [0.29, 0.717) is 31.6 Å². The maximum Gasteiger partial charge on any atom is 0.254 e. The maximum absolute atomic E-state index is 13.4. The van der Waals surface area contributed by atoms with Gasteiger partial charge in [-0.15, -0.1) is 0 Å². The molecule has 3 aromatic rings. The summed E-state index contributed by atoms with van der Waals surface area (Å²) in [5.74, 6) is 0.102. The Labute approximate surface area is 188 Å². The number of fused-ring (bicyclic) bond motifs is 1. The van der Waals surface area contributed by atoms with Gasteiger partial charge in [-0.3, -0.25) is 14.6 Å². The molecular weight excluding hydrogens is 398 g/mol. The highest BCUT2D eigenvalue weighted by molar-refractivity contribution is 5.95. The third-order valence-electron chi connectivity index (χ3n) is 7.11. The fraction of sp³-hybridized carbons (Fsp3) is 0.296. The lowest BCUT2D eigenvalue weighted by Gasteiger charge is -2.36. The van der Waals surface area contributed by atoms with Gasteiger partial charge in [-0.2, -0.15) is 0 Å². The lowest BCUT2D eigenvalue weighted by Crippen LogP contribution is -2.45. The molecule has 2 atom stereocenters. The summed E-state index contributed by atoms with van der Waals surface area (Å²) >= 11 is 0. The molecular formula is C27H27N3O2. The second kappa shape index (κ2) is 8.58. The van der Waals surface area contributed by atoms with Crippen molar-refractivity contribution in [3.05, 3.63) is 102 Å². The molecule has 5 heteroatoms. The average Bonchev–Trinajstić information content (AvgIpc) is 3.15. The van der Waals surface area contributed by atoms with Gasteiger partial charge in [-0.25, -0.2) is 0 Å². The van der Waals surface area contributed by atoms with Gasteiger partial charge in [-0.05, 0) is 36.1 Å². The van der Waals surface area contributed by atoms with Crippen molar-refractivity contribution < 1.29 is 9.59 Å². The van der Waals surface area contributed by atoms with E-state index in [9.17, 15) is 9.59 Å². The molecule has 162 valence electrons. The van der Waals surface area contributed by atoms with Gasteiger partial charge >= 0.3 is 0 Å². The molecule has 3 heterocycles. The van der Waals surface area contributed by atoms with E-state index < -0.39 is 0 Å². The smallest absolute Gasteiger partial charge is 0.254 e. The van der Waals surface area contributed by atoms with Crippen LogP contribution in [0.5, 0.6) is 0 Å². The monoisotopic (exact) mass is 425 g/mol. The van der Waals surface area contributed by atoms with E-state index in [0.717, 1.165) is 18.4 Å². The molecule has 2 unspecified atom stereocenters. The van der Waals surface area contributed by atoms with E-state index in [1.165, 1.54) is 5.56 Å². The molecule has 0 radical (unpaired) electrons. The molecule has 0 spiro atoms. The Morgan fingerprint density at radius 1 is 0.906 bits per heavy atom. The summed E-state index contributed by atoms with van der Waals surface area (Å²) in [7, 11) is 0. The minimum atomic E-state index is -0.217. The number of rotatable bonds is 4. The standard InChI is InChI=1S/C27H27N3O2/c31-25-19-24-27(23-9-5-2-6-10-23,13-17-29(25)20-21-7-3-1-4-8-21)14-18-30(24)26(32)22-11-15-28-16-12-22/h1-12,15-16,24H,13-14,17-20H2. The summed E-state index contributed by atoms with van der Waals surface area (Å²) < 4.78 is 0. The topological polar surface area (TPSA) is 53.5 Å². The fourth-order valence-electron chi connectivity index (χ4n) is 5.42. The van der Waals surface area contributed by atoms with Crippen LogP contribution in [0.3, 0.4) is 0 Å². The van der Waals surface area contributed by atoms with Crippen LogP contribution in [0.15, 0.2) is 85.2 Å². The lowest BCUT2D eigenvalue weighted by atomic mass is 9.71. The van der Waals surface area contributed by atoms with Crippen LogP contribution >= 0.6 is 0 Å². The number of pyridine rings is 1. The van der Waals surface area contributed by atoms with E-state index in [1.54, 1.807) is 24.5 Å². The minimum absolute atomic E-state index is 0.0143. The van der Waals surface area contributed by atoms with Gasteiger partial charge in [0.25, 0.3) is 5.91 Å². The number of likely N-dealkylation sites (tertiary alicyclic amines) is 2. The van der Waals surface area contributed by atoms with Crippen molar-refractivity contribution in [3.8, 4) is 0 Å². The zero-order valence-electron chi connectivity index (χ0n) is 18.1. The van der Waals surface area contributed by atoms with Crippen molar-refractivity contribution in [1.82, 2.24) is 14.8 Å². The Bertz CT molecular complexity index is 1090. The molecule has 2 aromatic carbocycles. The normalized spacial score (nSPS) is 23.0. The van der Waals surface area contributed by atoms with Gasteiger partial charge in [0.05, 0.1) is 6.04 Å². The van der Waals surface area contributed by atoms with E-state index in [2.05, 4.69) is 41.4 Å². The summed E-state index contributed by atoms with van der Waals surface area (Å²) in [6, 6.07) is 23.9. The first-order valence-electron chi connectivity index (χ1n) is 11.3. The molecule has 5 rings (SSSR count). The third kappa shape index (κ3) is 3.68. The van der Waals surface area contributed by atoms with Crippen LogP contribution < -0.4 is 0 Å². The van der Waals surface area contributed by atoms with Crippen LogP contribution in [-0.2, 0) is 16.8 Å². The van der Waals surface area contributed by atoms with Crippen LogP contribution in [-0.4, -0.2) is 45.7 Å². The summed E-state index contributed by atoms with van der Waals surface area (Å²) in [4.78, 5) is 34.8. The SMILES string of the molecule is O=C1CC2N(C(=O)c3ccncc3)CCC2(c2ccccc2)CCN1Cc1ccccc1. The molecule has 2 fully saturated rings. The maximum atomic E-state index is 13.4. The van der Waals surface area contributed by atoms with Crippen LogP contribution in [0.4, 0.5) is 0 Å². The predicted molar refractivity (Wildman–Crippen MR) is 123 cm³/mol. The highest BCUT2D eigenvalue weighted by Crippen LogP contribution is 2.46. The van der Waals surface area contributed by atoms with Crippen LogP contribution in [0.25, 0.3) is 0 Å². The molecule has 0 saturated carbocycles. The number of nitrogens with zero attached hydrogens (tertiary/aromatic N) is 3. The molecule has 5 nitrogen and oxygen atoms in total. The van der Waals surface area contributed by atoms with Crippen LogP contribution in [0.2, 0.25) is 0 Å². The Morgan fingerprint density at radius 2 is 1.56 bits per heavy atom. The van der Waals surface area contributed by atoms with Gasteiger partial charge < -0.3 is 9.80 Å². The number of carbonyl (C=O) groups is 2. The first-order valence-corrected chi connectivity index (χ1v) is 11.3. The average molecular weight is 426 g/mol. The summed E-state index contributed by atoms with van der Waals surface area (Å²) in [6.45, 7) is 1.96. The van der Waals surface area contributed by atoms with Gasteiger partial charge in [0.15, 0.2) is 0 Å². The number of amides is 2. The van der Waals surface area contributed by atoms with Gasteiger partial charge in [-0.1, -0.05) is 60.7 Å². The van der Waals surface area contributed by atoms with Crippen molar-refractivity contribution in [2.45, 2.75) is 37.3 Å². The second-order valence-corrected chi connectivity index (χ2v) is 8.78. The third-order valence-corrected chi connectivity index (χ3v) is 7.11. The zero-order chi connectivity index (χ0) is 22.0. The minimum Gasteiger partial charge on any atom is -0.338 e. The van der Waals surface area contributed by atoms with E-state index in [1.807, 2.05) is 34.1 Å². The highest BCUT2D eigenvalue weighted by Gasteiger charge is 2.52. The molecule has 2 amide bonds. The number of carbonyl (C=O) groups excluding carboxylic acids is 2. The van der Waals surface area contributed by atoms with Gasteiger partial charge in [0.1, 0.15) is 0 Å². The van der Waals surface area contributed by atoms with E-state index >= 15 is 0 Å². The highest BCUT2D eigenvalue weighted by atomic mass is 16.2. The molecule has 2 aliphatic heterocycles. The van der Waals surface area contributed by atoms with Crippen LogP contribution in [0.1, 0.15) is 40.7 Å². The number of aromatic nitrogens is 1. The first kappa shape index (κ1) is 20.4. The van der Waals surface area contributed by atoms with Crippen molar-refractivity contribution in [1.29, 1.82) is 0 Å². The van der Waals surface area contributed by atoms with Crippen molar-refractivity contribution in [2.24, 2.45) is 0 Å². The molecule has 0 N–H and O–H groups in total. The first-order chi connectivity index (χ1) is 15.7. The fourth-order valence-corrected chi connectivity index (χ4v) is 5.42. The summed E-state index contributed by atoms with van der Waals surface area (Å²) in [5, 5.41) is 0. The molecule has 1 aromatic heterocycles. The molecule has 2 saturated heterocycles. The van der Waals surface area contributed by atoms with E-state index in [4.69, 9.17) is 0 Å². The van der Waals surface area contributed by atoms with Crippen molar-refractivity contribution in [2.75, 3.05) is 13.1 Å². The van der Waals surface area contributed by atoms with Gasteiger partial charge in [0, 0.05) is 49.4 Å². The molecule has 2 aliphatic rings. The van der Waals surface area contributed by atoms with Gasteiger partial charge in [0.2, 0.25) is 5.91 Å². The number of hydrogen-bond acceptors (Lipinski definition) is 3. The Balaban J connectivity index is 1.49. The quantitative estimate of drug-likeness (QED) is 0.634. The molecule has 32 heavy (non-hydrogen) atoms. The Hall–Kier alpha value is -3.47. The predicted octanol–water partition coefficient (Wildman–Crippen LogP) is 4.06. The number of hydrogen-bond donors (Lipinski definition) is 0. The Morgan fingerprint density at radius 3 is 2.28 bits per heavy atom. The van der Waals surface area contributed by atoms with Crippen molar-refractivity contribution in [3.63, 3.8) is 0 Å². The Kier molecular flexibility index (Phi) is 5.48. The van der Waals surface area contributed by atoms with E-state index in [-0.39, 0.29) is 23.3 Å². The zero-order valence-corrected chi connectivity index (χ0v) is 18.1. The molecule has 0 aliphatic carbocycles. The largest absolute Gasteiger partial charge is 0.338 e. The molecule has 0 bridgehead atoms. The van der Waals surface area contributed by atoms with Crippen LogP contribution in [0, 0.1) is 0 Å². The second-order valence-electron chi connectivity index (χ2n) is 8.78. The summed E-state index contributed by atoms with van der Waals surface area (Å²) in [5.41, 5.74) is 2.77. The summed E-state index contributed by atoms with van der Waals surface area (Å²) in [6.07, 6.45) is 5.35.